The second-order valence-electron chi connectivity index (χ2n) is 2.88. The maximum Gasteiger partial charge on any atom is 0.238 e. The van der Waals surface area contributed by atoms with E-state index in [1.807, 2.05) is 6.07 Å². The minimum atomic E-state index is -0.122. The first-order valence-electron chi connectivity index (χ1n) is 4.31. The predicted octanol–water partition coefficient (Wildman–Crippen LogP) is 1.48. The average molecular weight is 268 g/mol. The van der Waals surface area contributed by atoms with Crippen LogP contribution in [0.1, 0.15) is 5.56 Å². The van der Waals surface area contributed by atoms with E-state index in [4.69, 9.17) is 5.26 Å². The van der Waals surface area contributed by atoms with Crippen LogP contribution in [0.4, 0.5) is 5.69 Å². The van der Waals surface area contributed by atoms with Crippen LogP contribution in [0.5, 0.6) is 0 Å². The molecular formula is C10H10BrN3O. The Balaban J connectivity index is 2.79. The van der Waals surface area contributed by atoms with Gasteiger partial charge in [0.05, 0.1) is 23.9 Å². The van der Waals surface area contributed by atoms with Crippen molar-refractivity contribution >= 4 is 27.5 Å². The van der Waals surface area contributed by atoms with E-state index in [0.717, 1.165) is 0 Å². The zero-order valence-electron chi connectivity index (χ0n) is 8.17. The quantitative estimate of drug-likeness (QED) is 0.872. The third-order valence-corrected chi connectivity index (χ3v) is 2.37. The van der Waals surface area contributed by atoms with Gasteiger partial charge in [0, 0.05) is 4.47 Å². The summed E-state index contributed by atoms with van der Waals surface area (Å²) < 4.78 is 0.700. The minimum absolute atomic E-state index is 0.122. The molecule has 4 nitrogen and oxygen atoms in total. The zero-order chi connectivity index (χ0) is 11.3. The van der Waals surface area contributed by atoms with E-state index in [9.17, 15) is 4.79 Å². The van der Waals surface area contributed by atoms with Gasteiger partial charge in [-0.25, -0.2) is 0 Å². The van der Waals surface area contributed by atoms with Crippen LogP contribution in [0.3, 0.4) is 0 Å². The van der Waals surface area contributed by atoms with Gasteiger partial charge in [0.1, 0.15) is 0 Å². The summed E-state index contributed by atoms with van der Waals surface area (Å²) in [5.41, 5.74) is 1.21. The molecule has 0 heterocycles. The first-order chi connectivity index (χ1) is 7.17. The molecule has 1 amide bonds. The topological polar surface area (TPSA) is 64.9 Å². The molecule has 0 aromatic heterocycles. The van der Waals surface area contributed by atoms with Crippen LogP contribution in [0.2, 0.25) is 0 Å². The van der Waals surface area contributed by atoms with Crippen molar-refractivity contribution in [2.45, 2.75) is 0 Å². The number of hydrogen-bond donors (Lipinski definition) is 2. The summed E-state index contributed by atoms with van der Waals surface area (Å²) in [7, 11) is 1.70. The molecule has 0 unspecified atom stereocenters. The van der Waals surface area contributed by atoms with Crippen molar-refractivity contribution < 1.29 is 4.79 Å². The summed E-state index contributed by atoms with van der Waals surface area (Å²) >= 11 is 3.28. The van der Waals surface area contributed by atoms with E-state index >= 15 is 0 Å². The highest BCUT2D eigenvalue weighted by Crippen LogP contribution is 2.23. The SMILES string of the molecule is CNCC(=O)Nc1ccc(C#N)cc1Br. The first kappa shape index (κ1) is 11.7. The lowest BCUT2D eigenvalue weighted by Gasteiger charge is -2.06. The van der Waals surface area contributed by atoms with Crippen molar-refractivity contribution in [3.63, 3.8) is 0 Å². The van der Waals surface area contributed by atoms with Gasteiger partial charge in [-0.2, -0.15) is 5.26 Å². The number of carbonyl (C=O) groups is 1. The van der Waals surface area contributed by atoms with Gasteiger partial charge in [-0.05, 0) is 41.2 Å². The second-order valence-corrected chi connectivity index (χ2v) is 3.74. The fraction of sp³-hybridized carbons (Fsp3) is 0.200. The van der Waals surface area contributed by atoms with Crippen LogP contribution in [0, 0.1) is 11.3 Å². The molecule has 0 fully saturated rings. The Hall–Kier alpha value is -1.38. The Kier molecular flexibility index (Phi) is 4.28. The van der Waals surface area contributed by atoms with Crippen molar-refractivity contribution in [1.29, 1.82) is 5.26 Å². The number of nitrogens with zero attached hydrogens (tertiary/aromatic N) is 1. The van der Waals surface area contributed by atoms with E-state index in [1.54, 1.807) is 25.2 Å². The van der Waals surface area contributed by atoms with Gasteiger partial charge in [-0.3, -0.25) is 4.79 Å². The molecule has 1 aromatic carbocycles. The van der Waals surface area contributed by atoms with Gasteiger partial charge in [0.25, 0.3) is 0 Å². The van der Waals surface area contributed by atoms with Gasteiger partial charge in [-0.15, -0.1) is 0 Å². The zero-order valence-corrected chi connectivity index (χ0v) is 9.76. The molecular weight excluding hydrogens is 258 g/mol. The van der Waals surface area contributed by atoms with Crippen molar-refractivity contribution in [2.24, 2.45) is 0 Å². The average Bonchev–Trinajstić information content (AvgIpc) is 2.21. The number of rotatable bonds is 3. The lowest BCUT2D eigenvalue weighted by Crippen LogP contribution is -2.25. The summed E-state index contributed by atoms with van der Waals surface area (Å²) in [4.78, 5) is 11.3. The van der Waals surface area contributed by atoms with Crippen LogP contribution in [-0.4, -0.2) is 19.5 Å². The number of hydrogen-bond acceptors (Lipinski definition) is 3. The lowest BCUT2D eigenvalue weighted by atomic mass is 10.2. The standard InChI is InChI=1S/C10H10BrN3O/c1-13-6-10(15)14-9-3-2-7(5-12)4-8(9)11/h2-4,13H,6H2,1H3,(H,14,15). The van der Waals surface area contributed by atoms with Gasteiger partial charge in [0.2, 0.25) is 5.91 Å². The molecule has 0 aliphatic heterocycles. The maximum atomic E-state index is 11.3. The molecule has 0 spiro atoms. The Morgan fingerprint density at radius 1 is 1.60 bits per heavy atom. The Bertz CT molecular complexity index is 412. The molecule has 0 radical (unpaired) electrons. The van der Waals surface area contributed by atoms with E-state index in [1.165, 1.54) is 0 Å². The van der Waals surface area contributed by atoms with E-state index in [-0.39, 0.29) is 12.5 Å². The molecule has 15 heavy (non-hydrogen) atoms. The normalized spacial score (nSPS) is 9.40. The van der Waals surface area contributed by atoms with Gasteiger partial charge in [-0.1, -0.05) is 0 Å². The molecule has 2 N–H and O–H groups in total. The van der Waals surface area contributed by atoms with E-state index in [0.29, 0.717) is 15.7 Å². The minimum Gasteiger partial charge on any atom is -0.324 e. The Morgan fingerprint density at radius 3 is 2.87 bits per heavy atom. The third-order valence-electron chi connectivity index (χ3n) is 1.71. The molecule has 0 bridgehead atoms. The molecule has 0 aliphatic carbocycles. The smallest absolute Gasteiger partial charge is 0.238 e. The molecule has 0 aliphatic rings. The monoisotopic (exact) mass is 267 g/mol. The fourth-order valence-electron chi connectivity index (χ4n) is 1.04. The van der Waals surface area contributed by atoms with Crippen molar-refractivity contribution in [1.82, 2.24) is 5.32 Å². The number of halogens is 1. The highest BCUT2D eigenvalue weighted by molar-refractivity contribution is 9.10. The van der Waals surface area contributed by atoms with Crippen LogP contribution >= 0.6 is 15.9 Å². The van der Waals surface area contributed by atoms with E-state index < -0.39 is 0 Å². The molecule has 0 saturated heterocycles. The summed E-state index contributed by atoms with van der Waals surface area (Å²) in [5.74, 6) is -0.122. The number of nitrogens with one attached hydrogen (secondary N) is 2. The van der Waals surface area contributed by atoms with Crippen LogP contribution in [-0.2, 0) is 4.79 Å². The molecule has 0 saturated carbocycles. The summed E-state index contributed by atoms with van der Waals surface area (Å²) in [6.45, 7) is 0.256. The van der Waals surface area contributed by atoms with Gasteiger partial charge < -0.3 is 10.6 Å². The largest absolute Gasteiger partial charge is 0.324 e. The number of anilines is 1. The molecule has 1 rings (SSSR count). The lowest BCUT2D eigenvalue weighted by molar-refractivity contribution is -0.115. The summed E-state index contributed by atoms with van der Waals surface area (Å²) in [5, 5.41) is 14.1. The summed E-state index contributed by atoms with van der Waals surface area (Å²) in [6, 6.07) is 7.02. The second kappa shape index (κ2) is 5.49. The molecule has 1 aromatic rings. The van der Waals surface area contributed by atoms with Crippen LogP contribution < -0.4 is 10.6 Å². The molecule has 5 heteroatoms. The van der Waals surface area contributed by atoms with Gasteiger partial charge in [0.15, 0.2) is 0 Å². The first-order valence-corrected chi connectivity index (χ1v) is 5.10. The highest BCUT2D eigenvalue weighted by Gasteiger charge is 2.04. The highest BCUT2D eigenvalue weighted by atomic mass is 79.9. The van der Waals surface area contributed by atoms with Crippen molar-refractivity contribution in [2.75, 3.05) is 18.9 Å². The summed E-state index contributed by atoms with van der Waals surface area (Å²) in [6.07, 6.45) is 0. The number of nitriles is 1. The number of amides is 1. The Morgan fingerprint density at radius 2 is 2.33 bits per heavy atom. The fourth-order valence-corrected chi connectivity index (χ4v) is 1.52. The predicted molar refractivity (Wildman–Crippen MR) is 61.4 cm³/mol. The van der Waals surface area contributed by atoms with E-state index in [2.05, 4.69) is 26.6 Å². The van der Waals surface area contributed by atoms with Crippen molar-refractivity contribution in [3.05, 3.63) is 28.2 Å². The van der Waals surface area contributed by atoms with Gasteiger partial charge >= 0.3 is 0 Å². The Labute approximate surface area is 96.4 Å². The molecule has 78 valence electrons. The number of benzene rings is 1. The van der Waals surface area contributed by atoms with Crippen LogP contribution in [0.15, 0.2) is 22.7 Å². The third kappa shape index (κ3) is 3.35. The number of likely N-dealkylation sites (N-methyl/N-ethyl adjacent to an activating group) is 1. The maximum absolute atomic E-state index is 11.3. The molecule has 0 atom stereocenters. The van der Waals surface area contributed by atoms with Crippen molar-refractivity contribution in [3.8, 4) is 6.07 Å². The number of carbonyl (C=O) groups excluding carboxylic acids is 1. The van der Waals surface area contributed by atoms with Crippen LogP contribution in [0.25, 0.3) is 0 Å².